The maximum absolute atomic E-state index is 14.8. The fourth-order valence-electron chi connectivity index (χ4n) is 13.1. The molecule has 0 spiro atoms. The summed E-state index contributed by atoms with van der Waals surface area (Å²) < 4.78 is 128. The van der Waals surface area contributed by atoms with Crippen LogP contribution in [-0.2, 0) is 173 Å². The number of ether oxygens (including phenoxy) is 20. The Hall–Kier alpha value is -9.12. The molecule has 0 aliphatic carbocycles. The predicted octanol–water partition coefficient (Wildman–Crippen LogP) is -1.55. The number of esters is 8. The number of hydrogen-bond acceptors (Lipinski definition) is 40. The number of hydrogen-bond donors (Lipinski definition) is 7. The average molecular weight is 1840 g/mol. The molecule has 127 heavy (non-hydrogen) atoms. The van der Waals surface area contributed by atoms with Crippen LogP contribution in [0.2, 0.25) is 0 Å². The molecule has 3 saturated heterocycles. The molecule has 3 aliphatic heterocycles. The van der Waals surface area contributed by atoms with Gasteiger partial charge in [0.15, 0.2) is 55.5 Å². The molecular formula is C80H126N9O37P. The van der Waals surface area contributed by atoms with E-state index >= 15 is 0 Å². The lowest BCUT2D eigenvalue weighted by molar-refractivity contribution is -0.279. The highest BCUT2D eigenvalue weighted by Gasteiger charge is 2.54. The van der Waals surface area contributed by atoms with Crippen molar-refractivity contribution in [3.8, 4) is 11.8 Å². The molecule has 7 N–H and O–H groups in total. The Kier molecular flexibility index (Phi) is 52.6. The Labute approximate surface area is 738 Å². The average Bonchev–Trinajstić information content (AvgIpc) is 0.794. The summed E-state index contributed by atoms with van der Waals surface area (Å²) in [7, 11) is -1.73. The smallest absolute Gasteiger partial charge is 0.321 e. The van der Waals surface area contributed by atoms with Crippen LogP contribution < -0.4 is 36.4 Å². The van der Waals surface area contributed by atoms with E-state index in [1.165, 1.54) is 25.7 Å². The topological polar surface area (TPSA) is 565 Å². The molecule has 46 nitrogen and oxygen atoms in total. The van der Waals surface area contributed by atoms with E-state index in [4.69, 9.17) is 104 Å². The predicted molar refractivity (Wildman–Crippen MR) is 436 cm³/mol. The molecule has 0 radical (unpaired) electrons. The lowest BCUT2D eigenvalue weighted by Crippen LogP contribution is -2.66. The van der Waals surface area contributed by atoms with Gasteiger partial charge in [-0.3, -0.25) is 72.0 Å². The van der Waals surface area contributed by atoms with Crippen LogP contribution >= 0.6 is 8.53 Å². The van der Waals surface area contributed by atoms with Gasteiger partial charge in [0, 0.05) is 108 Å². The zero-order valence-corrected chi connectivity index (χ0v) is 75.4. The molecule has 6 amide bonds. The van der Waals surface area contributed by atoms with E-state index in [2.05, 4.69) is 38.0 Å². The summed E-state index contributed by atoms with van der Waals surface area (Å²) in [6.45, 7) is 17.0. The standard InChI is InChI=1S/C80H126N9O37P/c1-47(2)89(48(3)4)127(116-25-16-21-81)126-61-19-17-60(18-20-61)41-62(77(104)84-24-28-107-31-34-110-37-40-113-80-70(87-51(7)93)76(122-59(15)101)73(119-56(12)98)65(125-80)46-115-53(9)95)88(42-66(102)82-22-26-105-29-32-108-35-38-111-78-68(85-49(5)91)74(120-57(13)99)71(117-54(10)96)63(44-90)123-78)43-67(103)83-23-27-106-30-33-109-36-39-112-79-69(86-50(6)92)75(121-58(14)100)72(118-55(11)97)64(124-79)45-114-52(8)94/h17-20,47-48,62-65,68-76,78-80,90H,16,22-46H2,1-15H3,(H,82,102)(H,83,103)(H,84,104)(H,85,91)(H,86,92)(H,87,93). The van der Waals surface area contributed by atoms with Gasteiger partial charge in [-0.05, 0) is 51.8 Å². The third kappa shape index (κ3) is 43.2. The van der Waals surface area contributed by atoms with Gasteiger partial charge in [-0.25, -0.2) is 4.67 Å². The van der Waals surface area contributed by atoms with Gasteiger partial charge < -0.3 is 141 Å². The summed E-state index contributed by atoms with van der Waals surface area (Å²) >= 11 is 0. The first-order chi connectivity index (χ1) is 60.4. The second kappa shape index (κ2) is 60.6. The van der Waals surface area contributed by atoms with E-state index in [0.717, 1.165) is 55.4 Å². The molecule has 3 fully saturated rings. The largest absolute Gasteiger partial charge is 0.463 e. The number of nitrogens with zero attached hydrogens (tertiary/aromatic N) is 3. The van der Waals surface area contributed by atoms with Crippen LogP contribution in [0.3, 0.4) is 0 Å². The second-order valence-electron chi connectivity index (χ2n) is 29.2. The first-order valence-electron chi connectivity index (χ1n) is 41.3. The number of carbonyl (C=O) groups is 14. The number of nitriles is 1. The maximum Gasteiger partial charge on any atom is 0.321 e. The minimum atomic E-state index is -1.73. The van der Waals surface area contributed by atoms with Gasteiger partial charge in [0.25, 0.3) is 0 Å². The summed E-state index contributed by atoms with van der Waals surface area (Å²) in [5, 5.41) is 35.7. The van der Waals surface area contributed by atoms with Gasteiger partial charge in [-0.15, -0.1) is 0 Å². The van der Waals surface area contributed by atoms with Crippen LogP contribution in [0.25, 0.3) is 0 Å². The third-order valence-electron chi connectivity index (χ3n) is 17.9. The number of carbonyl (C=O) groups excluding carboxylic acids is 14. The zero-order valence-electron chi connectivity index (χ0n) is 74.5. The Morgan fingerprint density at radius 3 is 1.07 bits per heavy atom. The van der Waals surface area contributed by atoms with Crippen molar-refractivity contribution in [2.75, 3.05) is 158 Å². The van der Waals surface area contributed by atoms with Crippen molar-refractivity contribution in [3.63, 3.8) is 0 Å². The number of aliphatic hydroxyl groups is 1. The molecule has 4 rings (SSSR count). The van der Waals surface area contributed by atoms with Gasteiger partial charge in [0.05, 0.1) is 144 Å². The molecule has 1 aromatic rings. The van der Waals surface area contributed by atoms with Crippen LogP contribution in [0.15, 0.2) is 24.3 Å². The van der Waals surface area contributed by atoms with Crippen molar-refractivity contribution in [1.82, 2.24) is 41.5 Å². The van der Waals surface area contributed by atoms with E-state index in [1.807, 2.05) is 32.4 Å². The Morgan fingerprint density at radius 1 is 0.425 bits per heavy atom. The Bertz CT molecular complexity index is 3640. The first kappa shape index (κ1) is 110. The van der Waals surface area contributed by atoms with Crippen LogP contribution in [-0.4, -0.2) is 366 Å². The highest BCUT2D eigenvalue weighted by molar-refractivity contribution is 7.45. The van der Waals surface area contributed by atoms with E-state index < -0.39 is 223 Å². The molecule has 17 atom stereocenters. The fourth-order valence-corrected chi connectivity index (χ4v) is 14.6. The highest BCUT2D eigenvalue weighted by Crippen LogP contribution is 2.46. The monoisotopic (exact) mass is 1840 g/mol. The fraction of sp³-hybridized carbons (Fsp3) is 0.738. The van der Waals surface area contributed by atoms with Crippen LogP contribution in [0, 0.1) is 11.3 Å². The van der Waals surface area contributed by atoms with Crippen molar-refractivity contribution in [2.45, 2.75) is 227 Å². The van der Waals surface area contributed by atoms with Gasteiger partial charge in [-0.1, -0.05) is 12.1 Å². The van der Waals surface area contributed by atoms with Crippen LogP contribution in [0.4, 0.5) is 0 Å². The molecule has 718 valence electrons. The molecule has 0 aromatic heterocycles. The number of nitrogens with one attached hydrogen (secondary N) is 6. The van der Waals surface area contributed by atoms with Gasteiger partial charge in [-0.2, -0.15) is 5.26 Å². The van der Waals surface area contributed by atoms with Crippen molar-refractivity contribution >= 4 is 91.7 Å². The van der Waals surface area contributed by atoms with E-state index in [9.17, 15) is 77.5 Å². The van der Waals surface area contributed by atoms with Crippen LogP contribution in [0.5, 0.6) is 5.75 Å². The summed E-state index contributed by atoms with van der Waals surface area (Å²) in [6.07, 6.45) is -15.5. The van der Waals surface area contributed by atoms with Gasteiger partial charge in [0.2, 0.25) is 35.4 Å². The van der Waals surface area contributed by atoms with Gasteiger partial charge in [0.1, 0.15) is 55.4 Å². The van der Waals surface area contributed by atoms with Crippen molar-refractivity contribution in [1.29, 1.82) is 5.26 Å². The van der Waals surface area contributed by atoms with Crippen molar-refractivity contribution in [2.24, 2.45) is 0 Å². The second-order valence-corrected chi connectivity index (χ2v) is 30.6. The Morgan fingerprint density at radius 2 is 0.748 bits per heavy atom. The summed E-state index contributed by atoms with van der Waals surface area (Å²) in [4.78, 5) is 179. The molecule has 0 bridgehead atoms. The molecule has 1 aromatic carbocycles. The number of rotatable bonds is 60. The third-order valence-corrected chi connectivity index (χ3v) is 20.0. The summed E-state index contributed by atoms with van der Waals surface area (Å²) in [5.74, 6) is -9.22. The number of aliphatic hydroxyl groups excluding tert-OH is 1. The molecule has 3 heterocycles. The molecule has 47 heteroatoms. The van der Waals surface area contributed by atoms with E-state index in [-0.39, 0.29) is 150 Å². The van der Waals surface area contributed by atoms with Crippen LogP contribution in [0.1, 0.15) is 116 Å². The minimum absolute atomic E-state index is 0.00419. The number of amides is 6. The number of benzene rings is 1. The van der Waals surface area contributed by atoms with E-state index in [1.54, 1.807) is 24.3 Å². The lowest BCUT2D eigenvalue weighted by atomic mass is 9.96. The molecule has 0 saturated carbocycles. The maximum atomic E-state index is 14.8. The van der Waals surface area contributed by atoms with Crippen molar-refractivity contribution < 1.29 is 176 Å². The molecular weight excluding hydrogens is 1710 g/mol. The van der Waals surface area contributed by atoms with Crippen molar-refractivity contribution in [3.05, 3.63) is 29.8 Å². The van der Waals surface area contributed by atoms with E-state index in [0.29, 0.717) is 11.3 Å². The first-order valence-corrected chi connectivity index (χ1v) is 42.5. The highest BCUT2D eigenvalue weighted by atomic mass is 31.2. The lowest BCUT2D eigenvalue weighted by Gasteiger charge is -2.44. The van der Waals surface area contributed by atoms with Gasteiger partial charge >= 0.3 is 56.3 Å². The summed E-state index contributed by atoms with van der Waals surface area (Å²) in [5.41, 5.74) is 0.565. The SMILES string of the molecule is CC(=O)NC1C(OCCOCCOCCNC(=O)CN(CC(=O)NCCOCCOCCOC2OC(COC(C)=O)C(OC(C)=O)C(OC(C)=O)C2NC(C)=O)C(Cc2ccc(OP(OCCC#N)N(C(C)C)C(C)C)cc2)C(=O)NCCOCCOCCOC2OC(COC(C)=O)C(OC(C)=O)C(OC(C)=O)C2NC(C)=O)OC(CO)C(OC(C)=O)C1OC(C)=O. The molecule has 3 aliphatic rings. The Balaban J connectivity index is 1.51. The summed E-state index contributed by atoms with van der Waals surface area (Å²) in [6, 6.07) is 3.98. The molecule has 17 unspecified atom stereocenters. The zero-order chi connectivity index (χ0) is 94.1. The minimum Gasteiger partial charge on any atom is -0.463 e. The normalized spacial score (nSPS) is 22.5. The quantitative estimate of drug-likeness (QED) is 0.0168.